The molecule has 0 saturated carbocycles. The van der Waals surface area contributed by atoms with Gasteiger partial charge in [0.25, 0.3) is 0 Å². The van der Waals surface area contributed by atoms with Crippen LogP contribution >= 0.6 is 23.2 Å². The molecule has 2 rings (SSSR count). The third-order valence-corrected chi connectivity index (χ3v) is 6.51. The number of benzene rings is 1. The van der Waals surface area contributed by atoms with Gasteiger partial charge in [-0.15, -0.1) is 11.6 Å². The minimum atomic E-state index is -4.58. The zero-order valence-electron chi connectivity index (χ0n) is 17.6. The van der Waals surface area contributed by atoms with Crippen molar-refractivity contribution < 1.29 is 18.0 Å². The maximum atomic E-state index is 13.0. The number of allylic oxidation sites excluding steroid dienone is 4. The normalized spacial score (nSPS) is 19.2. The number of halogens is 5. The number of rotatable bonds is 7. The Balaban J connectivity index is 1.97. The van der Waals surface area contributed by atoms with Crippen LogP contribution in [-0.2, 0) is 11.0 Å². The Bertz CT molecular complexity index is 830. The van der Waals surface area contributed by atoms with Crippen molar-refractivity contribution in [1.29, 1.82) is 0 Å². The van der Waals surface area contributed by atoms with Gasteiger partial charge in [0.15, 0.2) is 0 Å². The third-order valence-electron chi connectivity index (χ3n) is 5.86. The van der Waals surface area contributed by atoms with Crippen molar-refractivity contribution in [2.75, 3.05) is 5.32 Å². The van der Waals surface area contributed by atoms with Gasteiger partial charge < -0.3 is 5.32 Å². The van der Waals surface area contributed by atoms with Gasteiger partial charge in [-0.05, 0) is 54.4 Å². The SMILES string of the molecule is CC(CCC(C)(C)C1=CCC(Cl)C=C1)[C@@H](C)C(=O)Nc1ccc(Cl)c(C(F)(F)F)c1. The molecule has 0 saturated heterocycles. The predicted octanol–water partition coefficient (Wildman–Crippen LogP) is 7.87. The molecule has 1 aromatic carbocycles. The maximum Gasteiger partial charge on any atom is 0.417 e. The van der Waals surface area contributed by atoms with Gasteiger partial charge in [-0.3, -0.25) is 4.79 Å². The average molecular weight is 462 g/mol. The first-order valence-corrected chi connectivity index (χ1v) is 10.8. The van der Waals surface area contributed by atoms with E-state index in [1.807, 2.05) is 13.0 Å². The summed E-state index contributed by atoms with van der Waals surface area (Å²) in [7, 11) is 0. The quantitative estimate of drug-likeness (QED) is 0.411. The van der Waals surface area contributed by atoms with Crippen LogP contribution in [0.5, 0.6) is 0 Å². The largest absolute Gasteiger partial charge is 0.417 e. The zero-order chi connectivity index (χ0) is 22.7. The van der Waals surface area contributed by atoms with Crippen LogP contribution in [0.2, 0.25) is 5.02 Å². The van der Waals surface area contributed by atoms with E-state index in [1.165, 1.54) is 11.6 Å². The van der Waals surface area contributed by atoms with Crippen LogP contribution in [0.3, 0.4) is 0 Å². The number of hydrogen-bond acceptors (Lipinski definition) is 1. The van der Waals surface area contributed by atoms with E-state index in [1.54, 1.807) is 6.92 Å². The average Bonchev–Trinajstić information content (AvgIpc) is 2.66. The maximum absolute atomic E-state index is 13.0. The van der Waals surface area contributed by atoms with Crippen LogP contribution in [0.15, 0.2) is 42.0 Å². The monoisotopic (exact) mass is 461 g/mol. The van der Waals surface area contributed by atoms with Crippen molar-refractivity contribution in [3.63, 3.8) is 0 Å². The van der Waals surface area contributed by atoms with E-state index in [0.717, 1.165) is 31.4 Å². The van der Waals surface area contributed by atoms with Crippen LogP contribution in [0.25, 0.3) is 0 Å². The summed E-state index contributed by atoms with van der Waals surface area (Å²) in [5.41, 5.74) is 0.321. The molecule has 2 unspecified atom stereocenters. The molecule has 1 aliphatic carbocycles. The fourth-order valence-corrected chi connectivity index (χ4v) is 3.80. The van der Waals surface area contributed by atoms with Crippen molar-refractivity contribution in [3.05, 3.63) is 52.6 Å². The second-order valence-corrected chi connectivity index (χ2v) is 9.61. The molecule has 0 fully saturated rings. The van der Waals surface area contributed by atoms with E-state index in [4.69, 9.17) is 23.2 Å². The summed E-state index contributed by atoms with van der Waals surface area (Å²) < 4.78 is 39.1. The molecule has 7 heteroatoms. The van der Waals surface area contributed by atoms with Gasteiger partial charge in [0, 0.05) is 11.6 Å². The smallest absolute Gasteiger partial charge is 0.326 e. The lowest BCUT2D eigenvalue weighted by Gasteiger charge is -2.31. The highest BCUT2D eigenvalue weighted by molar-refractivity contribution is 6.31. The molecular formula is C23H28Cl2F3NO. The Morgan fingerprint density at radius 2 is 1.93 bits per heavy atom. The summed E-state index contributed by atoms with van der Waals surface area (Å²) in [4.78, 5) is 12.6. The van der Waals surface area contributed by atoms with Crippen molar-refractivity contribution in [2.45, 2.75) is 58.5 Å². The number of alkyl halides is 4. The van der Waals surface area contributed by atoms with E-state index in [0.29, 0.717) is 0 Å². The molecule has 1 N–H and O–H groups in total. The summed E-state index contributed by atoms with van der Waals surface area (Å²) in [6.07, 6.45) is 4.16. The predicted molar refractivity (Wildman–Crippen MR) is 118 cm³/mol. The van der Waals surface area contributed by atoms with Crippen molar-refractivity contribution >= 4 is 34.8 Å². The molecule has 0 heterocycles. The third kappa shape index (κ3) is 6.52. The zero-order valence-corrected chi connectivity index (χ0v) is 19.1. The number of carbonyl (C=O) groups excluding carboxylic acids is 1. The van der Waals surface area contributed by atoms with Gasteiger partial charge in [0.1, 0.15) is 0 Å². The molecule has 1 aromatic rings. The molecular weight excluding hydrogens is 434 g/mol. The van der Waals surface area contributed by atoms with Crippen molar-refractivity contribution in [3.8, 4) is 0 Å². The van der Waals surface area contributed by atoms with Crippen LogP contribution < -0.4 is 5.32 Å². The fourth-order valence-electron chi connectivity index (χ4n) is 3.41. The Hall–Kier alpha value is -1.46. The van der Waals surface area contributed by atoms with Crippen LogP contribution in [0.1, 0.15) is 52.5 Å². The van der Waals surface area contributed by atoms with E-state index < -0.39 is 16.8 Å². The first-order chi connectivity index (χ1) is 13.8. The number of anilines is 1. The summed E-state index contributed by atoms with van der Waals surface area (Å²) >= 11 is 11.7. The summed E-state index contributed by atoms with van der Waals surface area (Å²) in [5, 5.41) is 2.24. The van der Waals surface area contributed by atoms with Crippen LogP contribution in [0.4, 0.5) is 18.9 Å². The molecule has 30 heavy (non-hydrogen) atoms. The second-order valence-electron chi connectivity index (χ2n) is 8.64. The summed E-state index contributed by atoms with van der Waals surface area (Å²) in [6.45, 7) is 8.12. The number of nitrogens with one attached hydrogen (secondary N) is 1. The van der Waals surface area contributed by atoms with E-state index in [9.17, 15) is 18.0 Å². The highest BCUT2D eigenvalue weighted by Crippen LogP contribution is 2.38. The highest BCUT2D eigenvalue weighted by Gasteiger charge is 2.34. The lowest BCUT2D eigenvalue weighted by molar-refractivity contribution is -0.137. The lowest BCUT2D eigenvalue weighted by Crippen LogP contribution is -2.27. The Morgan fingerprint density at radius 3 is 2.50 bits per heavy atom. The van der Waals surface area contributed by atoms with Gasteiger partial charge >= 0.3 is 6.18 Å². The minimum absolute atomic E-state index is 0.0397. The molecule has 0 bridgehead atoms. The topological polar surface area (TPSA) is 29.1 Å². The number of hydrogen-bond donors (Lipinski definition) is 1. The van der Waals surface area contributed by atoms with Crippen molar-refractivity contribution in [2.24, 2.45) is 17.3 Å². The first-order valence-electron chi connectivity index (χ1n) is 10.0. The van der Waals surface area contributed by atoms with E-state index >= 15 is 0 Å². The number of carbonyl (C=O) groups is 1. The van der Waals surface area contributed by atoms with Crippen LogP contribution in [0, 0.1) is 17.3 Å². The van der Waals surface area contributed by atoms with Gasteiger partial charge in [0.05, 0.1) is 16.0 Å². The highest BCUT2D eigenvalue weighted by atomic mass is 35.5. The summed E-state index contributed by atoms with van der Waals surface area (Å²) in [6, 6.07) is 3.39. The molecule has 2 nitrogen and oxygen atoms in total. The Morgan fingerprint density at radius 1 is 1.27 bits per heavy atom. The molecule has 166 valence electrons. The molecule has 1 aliphatic rings. The molecule has 0 radical (unpaired) electrons. The molecule has 0 aromatic heterocycles. The number of amides is 1. The van der Waals surface area contributed by atoms with Gasteiger partial charge in [0.2, 0.25) is 5.91 Å². The summed E-state index contributed by atoms with van der Waals surface area (Å²) in [5.74, 6) is -0.598. The van der Waals surface area contributed by atoms with Crippen LogP contribution in [-0.4, -0.2) is 11.3 Å². The molecule has 3 atom stereocenters. The minimum Gasteiger partial charge on any atom is -0.326 e. The Kier molecular flexibility index (Phi) is 8.09. The standard InChI is InChI=1S/C23H28Cl2F3NO/c1-14(11-12-22(3,4)16-5-7-17(24)8-6-16)15(2)21(30)29-18-9-10-20(25)19(13-18)23(26,27)28/h5-7,9-10,13-15,17H,8,11-12H2,1-4H3,(H,29,30)/t14?,15-,17?/m1/s1. The lowest BCUT2D eigenvalue weighted by atomic mass is 9.75. The van der Waals surface area contributed by atoms with E-state index in [2.05, 4.69) is 31.3 Å². The fraction of sp³-hybridized carbons (Fsp3) is 0.522. The molecule has 0 aliphatic heterocycles. The van der Waals surface area contributed by atoms with Gasteiger partial charge in [-0.25, -0.2) is 0 Å². The van der Waals surface area contributed by atoms with Gasteiger partial charge in [-0.1, -0.05) is 57.5 Å². The first kappa shape index (κ1) is 24.8. The molecule has 0 spiro atoms. The molecule has 1 amide bonds. The van der Waals surface area contributed by atoms with E-state index in [-0.39, 0.29) is 34.2 Å². The van der Waals surface area contributed by atoms with Crippen molar-refractivity contribution in [1.82, 2.24) is 0 Å². The van der Waals surface area contributed by atoms with Gasteiger partial charge in [-0.2, -0.15) is 13.2 Å². The second kappa shape index (κ2) is 9.78. The Labute approximate surface area is 186 Å².